The molecule has 2 aliphatic heterocycles. The molecule has 0 aromatic heterocycles. The van der Waals surface area contributed by atoms with Gasteiger partial charge in [0.15, 0.2) is 0 Å². The van der Waals surface area contributed by atoms with Crippen molar-refractivity contribution in [1.29, 1.82) is 0 Å². The van der Waals surface area contributed by atoms with Crippen LogP contribution in [0.3, 0.4) is 0 Å². The Morgan fingerprint density at radius 3 is 2.74 bits per heavy atom. The van der Waals surface area contributed by atoms with Gasteiger partial charge < -0.3 is 5.01 Å². The second-order valence-electron chi connectivity index (χ2n) is 5.33. The zero-order valence-corrected chi connectivity index (χ0v) is 12.7. The number of halogens is 1. The molecule has 0 spiro atoms. The van der Waals surface area contributed by atoms with E-state index >= 15 is 0 Å². The number of hydrogen-bond donors (Lipinski definition) is 2. The summed E-state index contributed by atoms with van der Waals surface area (Å²) in [5.41, 5.74) is 3.58. The summed E-state index contributed by atoms with van der Waals surface area (Å²) in [5, 5.41) is 3.84. The van der Waals surface area contributed by atoms with Crippen LogP contribution >= 0.6 is 0 Å². The average Bonchev–Trinajstić information content (AvgIpc) is 2.96. The number of imide groups is 1. The first-order valence-electron chi connectivity index (χ1n) is 6.96. The molecule has 2 atom stereocenters. The van der Waals surface area contributed by atoms with Crippen LogP contribution in [0, 0.1) is 0 Å². The zero-order valence-electron chi connectivity index (χ0n) is 11.9. The van der Waals surface area contributed by atoms with Crippen molar-refractivity contribution in [2.75, 3.05) is 0 Å². The Bertz CT molecular complexity index is 793. The minimum Gasteiger partial charge on any atom is -0.303 e. The molecule has 1 saturated heterocycles. The molecule has 23 heavy (non-hydrogen) atoms. The quantitative estimate of drug-likeness (QED) is 0.616. The molecular formula is C14H14FN3O4S. The van der Waals surface area contributed by atoms with E-state index in [0.717, 1.165) is 0 Å². The Kier molecular flexibility index (Phi) is 3.90. The normalized spacial score (nSPS) is 24.8. The van der Waals surface area contributed by atoms with Crippen LogP contribution in [0.4, 0.5) is 3.89 Å². The molecule has 7 nitrogen and oxygen atoms in total. The molecule has 1 fully saturated rings. The van der Waals surface area contributed by atoms with E-state index in [1.54, 1.807) is 23.4 Å². The molecule has 3 rings (SSSR count). The van der Waals surface area contributed by atoms with Crippen LogP contribution in [0.1, 0.15) is 24.4 Å². The highest BCUT2D eigenvalue weighted by molar-refractivity contribution is 7.86. The lowest BCUT2D eigenvalue weighted by Gasteiger charge is -2.30. The lowest BCUT2D eigenvalue weighted by molar-refractivity contribution is -0.137. The Labute approximate surface area is 132 Å². The number of nitrogens with zero attached hydrogens (tertiary/aromatic N) is 1. The summed E-state index contributed by atoms with van der Waals surface area (Å²) in [4.78, 5) is 22.6. The maximum Gasteiger partial charge on any atom is 0.332 e. The molecule has 2 heterocycles. The maximum absolute atomic E-state index is 13.1. The van der Waals surface area contributed by atoms with Gasteiger partial charge in [0.2, 0.25) is 5.91 Å². The topological polar surface area (TPSA) is 95.6 Å². The third-order valence-corrected chi connectivity index (χ3v) is 4.59. The number of amides is 2. The van der Waals surface area contributed by atoms with Crippen molar-refractivity contribution in [3.8, 4) is 0 Å². The van der Waals surface area contributed by atoms with E-state index in [1.807, 2.05) is 0 Å². The van der Waals surface area contributed by atoms with E-state index in [0.29, 0.717) is 12.0 Å². The molecule has 0 saturated carbocycles. The van der Waals surface area contributed by atoms with E-state index in [9.17, 15) is 21.9 Å². The molecule has 2 N–H and O–H groups in total. The molecule has 0 aliphatic carbocycles. The van der Waals surface area contributed by atoms with Gasteiger partial charge in [-0.25, -0.2) is 5.43 Å². The lowest BCUT2D eigenvalue weighted by atomic mass is 10.1. The molecule has 122 valence electrons. The van der Waals surface area contributed by atoms with E-state index in [2.05, 4.69) is 10.7 Å². The van der Waals surface area contributed by atoms with Crippen molar-refractivity contribution in [3.63, 3.8) is 0 Å². The summed E-state index contributed by atoms with van der Waals surface area (Å²) < 4.78 is 35.1. The van der Waals surface area contributed by atoms with E-state index in [-0.39, 0.29) is 24.3 Å². The van der Waals surface area contributed by atoms with Gasteiger partial charge in [-0.3, -0.25) is 14.9 Å². The van der Waals surface area contributed by atoms with Gasteiger partial charge in [-0.05, 0) is 30.2 Å². The molecule has 1 aromatic rings. The van der Waals surface area contributed by atoms with Gasteiger partial charge in [-0.15, -0.1) is 3.89 Å². The minimum absolute atomic E-state index is 0.253. The van der Waals surface area contributed by atoms with Gasteiger partial charge >= 0.3 is 10.2 Å². The Morgan fingerprint density at radius 1 is 1.26 bits per heavy atom. The summed E-state index contributed by atoms with van der Waals surface area (Å²) in [5.74, 6) is -0.689. The highest BCUT2D eigenvalue weighted by Crippen LogP contribution is 2.25. The number of hydrogen-bond acceptors (Lipinski definition) is 6. The van der Waals surface area contributed by atoms with Crippen LogP contribution < -0.4 is 10.7 Å². The van der Waals surface area contributed by atoms with Gasteiger partial charge in [-0.2, -0.15) is 8.42 Å². The summed E-state index contributed by atoms with van der Waals surface area (Å²) in [7, 11) is -4.77. The minimum atomic E-state index is -4.77. The first-order chi connectivity index (χ1) is 10.8. The van der Waals surface area contributed by atoms with Crippen LogP contribution in [0.25, 0.3) is 0 Å². The van der Waals surface area contributed by atoms with Gasteiger partial charge in [-0.1, -0.05) is 12.1 Å². The monoisotopic (exact) mass is 339 g/mol. The second kappa shape index (κ2) is 5.74. The number of carbonyl (C=O) groups is 2. The molecule has 9 heteroatoms. The largest absolute Gasteiger partial charge is 0.332 e. The van der Waals surface area contributed by atoms with Crippen molar-refractivity contribution in [2.24, 2.45) is 0 Å². The Morgan fingerprint density at radius 2 is 2.04 bits per heavy atom. The van der Waals surface area contributed by atoms with Crippen molar-refractivity contribution >= 4 is 22.0 Å². The number of nitrogens with one attached hydrogen (secondary N) is 2. The second-order valence-corrected chi connectivity index (χ2v) is 6.68. The van der Waals surface area contributed by atoms with Crippen molar-refractivity contribution in [2.45, 2.75) is 29.8 Å². The van der Waals surface area contributed by atoms with Crippen LogP contribution in [0.2, 0.25) is 0 Å². The first-order valence-corrected chi connectivity index (χ1v) is 8.34. The third-order valence-electron chi connectivity index (χ3n) is 3.77. The summed E-state index contributed by atoms with van der Waals surface area (Å²) in [6, 6.07) is 4.61. The number of piperidine rings is 1. The fraction of sp³-hybridized carbons (Fsp3) is 0.286. The van der Waals surface area contributed by atoms with Crippen molar-refractivity contribution < 1.29 is 21.9 Å². The maximum atomic E-state index is 13.1. The predicted octanol–water partition coefficient (Wildman–Crippen LogP) is 0.525. The van der Waals surface area contributed by atoms with Gasteiger partial charge in [0, 0.05) is 12.6 Å². The van der Waals surface area contributed by atoms with Crippen LogP contribution in [0.5, 0.6) is 0 Å². The SMILES string of the molecule is O=C1CCC(N2C=CC(c3cccc(S(=O)(=O)F)c3)N2)C(=O)N1. The molecule has 0 radical (unpaired) electrons. The van der Waals surface area contributed by atoms with E-state index in [4.69, 9.17) is 0 Å². The van der Waals surface area contributed by atoms with Crippen LogP contribution in [-0.2, 0) is 19.8 Å². The fourth-order valence-corrected chi connectivity index (χ4v) is 3.13. The number of hydrazine groups is 1. The summed E-state index contributed by atoms with van der Waals surface area (Å²) in [6.45, 7) is 0. The molecule has 2 aliphatic rings. The number of carbonyl (C=O) groups excluding carboxylic acids is 2. The van der Waals surface area contributed by atoms with E-state index in [1.165, 1.54) is 18.2 Å². The van der Waals surface area contributed by atoms with Gasteiger partial charge in [0.1, 0.15) is 6.04 Å². The van der Waals surface area contributed by atoms with Crippen molar-refractivity contribution in [1.82, 2.24) is 15.8 Å². The summed E-state index contributed by atoms with van der Waals surface area (Å²) in [6.07, 6.45) is 4.02. The van der Waals surface area contributed by atoms with Crippen LogP contribution in [0.15, 0.2) is 41.4 Å². The zero-order chi connectivity index (χ0) is 16.6. The highest BCUT2D eigenvalue weighted by Gasteiger charge is 2.33. The van der Waals surface area contributed by atoms with Crippen molar-refractivity contribution in [3.05, 3.63) is 42.1 Å². The van der Waals surface area contributed by atoms with E-state index < -0.39 is 21.2 Å². The van der Waals surface area contributed by atoms with Crippen LogP contribution in [-0.4, -0.2) is 31.3 Å². The predicted molar refractivity (Wildman–Crippen MR) is 77.8 cm³/mol. The average molecular weight is 339 g/mol. The molecule has 2 amide bonds. The smallest absolute Gasteiger partial charge is 0.303 e. The number of benzene rings is 1. The Hall–Kier alpha value is -2.26. The lowest BCUT2D eigenvalue weighted by Crippen LogP contribution is -2.53. The summed E-state index contributed by atoms with van der Waals surface area (Å²) >= 11 is 0. The first kappa shape index (κ1) is 15.6. The molecule has 1 aromatic carbocycles. The molecule has 0 bridgehead atoms. The highest BCUT2D eigenvalue weighted by atomic mass is 32.3. The van der Waals surface area contributed by atoms with Gasteiger partial charge in [0.05, 0.1) is 10.9 Å². The molecule has 2 unspecified atom stereocenters. The number of rotatable bonds is 3. The Balaban J connectivity index is 1.75. The van der Waals surface area contributed by atoms with Gasteiger partial charge in [0.25, 0.3) is 5.91 Å². The standard InChI is InChI=1S/C14H14FN3O4S/c15-23(21,22)10-3-1-2-9(8-10)11-6-7-18(17-11)12-4-5-13(19)16-14(12)20/h1-3,6-8,11-12,17H,4-5H2,(H,16,19,20). The molecular weight excluding hydrogens is 325 g/mol. The third kappa shape index (κ3) is 3.25. The fourth-order valence-electron chi connectivity index (χ4n) is 2.61.